The van der Waals surface area contributed by atoms with Gasteiger partial charge in [0.25, 0.3) is 0 Å². The molecule has 0 saturated heterocycles. The van der Waals surface area contributed by atoms with Gasteiger partial charge in [-0.25, -0.2) is 0 Å². The van der Waals surface area contributed by atoms with Crippen molar-refractivity contribution in [2.45, 2.75) is 38.8 Å². The molecule has 0 fully saturated rings. The molecule has 0 saturated carbocycles. The van der Waals surface area contributed by atoms with Gasteiger partial charge in [0, 0.05) is 25.0 Å². The van der Waals surface area contributed by atoms with Crippen molar-refractivity contribution in [1.29, 1.82) is 0 Å². The molecule has 1 aliphatic heterocycles. The van der Waals surface area contributed by atoms with Gasteiger partial charge in [-0.15, -0.1) is 0 Å². The van der Waals surface area contributed by atoms with E-state index in [4.69, 9.17) is 14.2 Å². The Morgan fingerprint density at radius 3 is 2.38 bits per heavy atom. The molecule has 1 aromatic carbocycles. The lowest BCUT2D eigenvalue weighted by Crippen LogP contribution is -2.31. The Labute approximate surface area is 156 Å². The Morgan fingerprint density at radius 2 is 1.77 bits per heavy atom. The van der Waals surface area contributed by atoms with Gasteiger partial charge in [0.05, 0.1) is 27.4 Å². The van der Waals surface area contributed by atoms with E-state index in [-0.39, 0.29) is 6.04 Å². The van der Waals surface area contributed by atoms with Crippen molar-refractivity contribution in [2.24, 2.45) is 0 Å². The maximum Gasteiger partial charge on any atom is 0.203 e. The fourth-order valence-corrected chi connectivity index (χ4v) is 3.88. The predicted molar refractivity (Wildman–Crippen MR) is 103 cm³/mol. The summed E-state index contributed by atoms with van der Waals surface area (Å²) in [4.78, 5) is 2.59. The molecule has 26 heavy (non-hydrogen) atoms. The molecule has 3 rings (SSSR count). The standard InChI is InChI=1S/C21H30N2O3/c1-5-6-10-23-13-8-12-22-11-7-9-17(22)20(23)16-14-18(24-2)21(26-4)19(15-16)25-3/h7,9,11,14-15,20H,5-6,8,10,12-13H2,1-4H3. The molecule has 0 N–H and O–H groups in total. The molecule has 0 aliphatic carbocycles. The highest BCUT2D eigenvalue weighted by atomic mass is 16.5. The molecule has 1 aliphatic rings. The first-order chi connectivity index (χ1) is 12.7. The van der Waals surface area contributed by atoms with E-state index < -0.39 is 0 Å². The summed E-state index contributed by atoms with van der Waals surface area (Å²) in [5, 5.41) is 0. The van der Waals surface area contributed by atoms with Crippen LogP contribution in [0, 0.1) is 0 Å². The second-order valence-electron chi connectivity index (χ2n) is 6.73. The number of methoxy groups -OCH3 is 3. The second kappa shape index (κ2) is 8.49. The molecule has 5 heteroatoms. The topological polar surface area (TPSA) is 35.9 Å². The van der Waals surface area contributed by atoms with E-state index in [0.717, 1.165) is 26.1 Å². The van der Waals surface area contributed by atoms with E-state index in [9.17, 15) is 0 Å². The third-order valence-corrected chi connectivity index (χ3v) is 5.16. The van der Waals surface area contributed by atoms with E-state index in [1.54, 1.807) is 21.3 Å². The zero-order chi connectivity index (χ0) is 18.5. The molecule has 142 valence electrons. The van der Waals surface area contributed by atoms with E-state index in [1.165, 1.54) is 24.1 Å². The summed E-state index contributed by atoms with van der Waals surface area (Å²) >= 11 is 0. The van der Waals surface area contributed by atoms with Crippen molar-refractivity contribution in [2.75, 3.05) is 34.4 Å². The van der Waals surface area contributed by atoms with Crippen LogP contribution in [-0.2, 0) is 6.54 Å². The van der Waals surface area contributed by atoms with E-state index in [2.05, 4.69) is 46.9 Å². The SMILES string of the molecule is CCCCN1CCCn2cccc2C1c1cc(OC)c(OC)c(OC)c1. The van der Waals surface area contributed by atoms with Crippen molar-refractivity contribution < 1.29 is 14.2 Å². The number of rotatable bonds is 7. The van der Waals surface area contributed by atoms with Crippen LogP contribution >= 0.6 is 0 Å². The summed E-state index contributed by atoms with van der Waals surface area (Å²) in [6, 6.07) is 8.75. The Kier molecular flexibility index (Phi) is 6.09. The third kappa shape index (κ3) is 3.54. The number of benzene rings is 1. The monoisotopic (exact) mass is 358 g/mol. The molecule has 2 heterocycles. The first-order valence-corrected chi connectivity index (χ1v) is 9.42. The Bertz CT molecular complexity index is 701. The molecule has 2 aromatic rings. The normalized spacial score (nSPS) is 17.5. The summed E-state index contributed by atoms with van der Waals surface area (Å²) in [5.41, 5.74) is 2.50. The minimum atomic E-state index is 0.188. The van der Waals surface area contributed by atoms with Crippen LogP contribution in [0.15, 0.2) is 30.5 Å². The molecule has 0 bridgehead atoms. The summed E-state index contributed by atoms with van der Waals surface area (Å²) in [5.74, 6) is 2.06. The number of ether oxygens (including phenoxy) is 3. The van der Waals surface area contributed by atoms with Gasteiger partial charge in [0.15, 0.2) is 11.5 Å². The maximum atomic E-state index is 5.60. The van der Waals surface area contributed by atoms with Gasteiger partial charge in [-0.2, -0.15) is 0 Å². The Balaban J connectivity index is 2.10. The number of hydrogen-bond donors (Lipinski definition) is 0. The number of aryl methyl sites for hydroxylation is 1. The predicted octanol–water partition coefficient (Wildman–Crippen LogP) is 4.11. The quantitative estimate of drug-likeness (QED) is 0.746. The largest absolute Gasteiger partial charge is 0.493 e. The summed E-state index contributed by atoms with van der Waals surface area (Å²) in [6.45, 7) is 5.48. The van der Waals surface area contributed by atoms with Gasteiger partial charge < -0.3 is 18.8 Å². The third-order valence-electron chi connectivity index (χ3n) is 5.16. The lowest BCUT2D eigenvalue weighted by molar-refractivity contribution is 0.224. The average molecular weight is 358 g/mol. The number of hydrogen-bond acceptors (Lipinski definition) is 4. The first kappa shape index (κ1) is 18.6. The highest BCUT2D eigenvalue weighted by molar-refractivity contribution is 5.55. The zero-order valence-corrected chi connectivity index (χ0v) is 16.3. The van der Waals surface area contributed by atoms with Crippen molar-refractivity contribution in [3.8, 4) is 17.2 Å². The highest BCUT2D eigenvalue weighted by Gasteiger charge is 2.29. The van der Waals surface area contributed by atoms with Crippen molar-refractivity contribution in [1.82, 2.24) is 9.47 Å². The lowest BCUT2D eigenvalue weighted by atomic mass is 10.00. The average Bonchev–Trinajstić information content (AvgIpc) is 3.05. The van der Waals surface area contributed by atoms with Crippen molar-refractivity contribution in [3.05, 3.63) is 41.7 Å². The van der Waals surface area contributed by atoms with E-state index in [0.29, 0.717) is 17.2 Å². The number of aromatic nitrogens is 1. The Hall–Kier alpha value is -2.14. The Morgan fingerprint density at radius 1 is 1.04 bits per heavy atom. The molecule has 1 atom stereocenters. The van der Waals surface area contributed by atoms with Crippen LogP contribution in [0.1, 0.15) is 43.5 Å². The fraction of sp³-hybridized carbons (Fsp3) is 0.524. The van der Waals surface area contributed by atoms with Crippen molar-refractivity contribution >= 4 is 0 Å². The summed E-state index contributed by atoms with van der Waals surface area (Å²) < 4.78 is 19.1. The fourth-order valence-electron chi connectivity index (χ4n) is 3.88. The van der Waals surface area contributed by atoms with Crippen LogP contribution in [0.3, 0.4) is 0 Å². The second-order valence-corrected chi connectivity index (χ2v) is 6.73. The van der Waals surface area contributed by atoms with E-state index >= 15 is 0 Å². The molecule has 0 amide bonds. The molecule has 0 spiro atoms. The molecule has 5 nitrogen and oxygen atoms in total. The minimum Gasteiger partial charge on any atom is -0.493 e. The summed E-state index contributed by atoms with van der Waals surface area (Å²) in [7, 11) is 4.99. The maximum absolute atomic E-state index is 5.60. The van der Waals surface area contributed by atoms with Crippen LogP contribution in [0.5, 0.6) is 17.2 Å². The van der Waals surface area contributed by atoms with Gasteiger partial charge in [0.1, 0.15) is 0 Å². The van der Waals surface area contributed by atoms with Crippen LogP contribution in [0.2, 0.25) is 0 Å². The molecule has 1 unspecified atom stereocenters. The first-order valence-electron chi connectivity index (χ1n) is 9.42. The molecular formula is C21H30N2O3. The summed E-state index contributed by atoms with van der Waals surface area (Å²) in [6.07, 6.45) is 5.73. The molecule has 1 aromatic heterocycles. The molecule has 0 radical (unpaired) electrons. The highest BCUT2D eigenvalue weighted by Crippen LogP contribution is 2.42. The van der Waals surface area contributed by atoms with Crippen LogP contribution in [0.25, 0.3) is 0 Å². The van der Waals surface area contributed by atoms with Crippen LogP contribution < -0.4 is 14.2 Å². The van der Waals surface area contributed by atoms with Crippen LogP contribution in [0.4, 0.5) is 0 Å². The smallest absolute Gasteiger partial charge is 0.203 e. The van der Waals surface area contributed by atoms with Gasteiger partial charge in [-0.05, 0) is 49.2 Å². The minimum absolute atomic E-state index is 0.188. The lowest BCUT2D eigenvalue weighted by Gasteiger charge is -2.31. The van der Waals surface area contributed by atoms with Gasteiger partial charge >= 0.3 is 0 Å². The van der Waals surface area contributed by atoms with Gasteiger partial charge in [-0.3, -0.25) is 4.90 Å². The van der Waals surface area contributed by atoms with Crippen LogP contribution in [-0.4, -0.2) is 43.9 Å². The number of nitrogens with zero attached hydrogens (tertiary/aromatic N) is 2. The zero-order valence-electron chi connectivity index (χ0n) is 16.3. The number of fused-ring (bicyclic) bond motifs is 1. The van der Waals surface area contributed by atoms with Crippen molar-refractivity contribution in [3.63, 3.8) is 0 Å². The van der Waals surface area contributed by atoms with Gasteiger partial charge in [0.2, 0.25) is 5.75 Å². The number of unbranched alkanes of at least 4 members (excludes halogenated alkanes) is 1. The van der Waals surface area contributed by atoms with E-state index in [1.807, 2.05) is 0 Å². The molecular weight excluding hydrogens is 328 g/mol. The van der Waals surface area contributed by atoms with Gasteiger partial charge in [-0.1, -0.05) is 13.3 Å².